The predicted molar refractivity (Wildman–Crippen MR) is 161 cm³/mol. The molecule has 7 rings (SSSR count). The number of hydrogen-bond acceptors (Lipinski definition) is 7. The van der Waals surface area contributed by atoms with Crippen LogP contribution in [0.3, 0.4) is 0 Å². The van der Waals surface area contributed by atoms with Gasteiger partial charge < -0.3 is 14.4 Å². The molecule has 0 saturated carbocycles. The van der Waals surface area contributed by atoms with Crippen LogP contribution in [0.2, 0.25) is 0 Å². The van der Waals surface area contributed by atoms with Crippen molar-refractivity contribution in [3.63, 3.8) is 0 Å². The Kier molecular flexibility index (Phi) is 6.13. The summed E-state index contributed by atoms with van der Waals surface area (Å²) in [4.78, 5) is 57.7. The van der Waals surface area contributed by atoms with Gasteiger partial charge in [-0.25, -0.2) is 0 Å². The highest BCUT2D eigenvalue weighted by molar-refractivity contribution is 6.32. The van der Waals surface area contributed by atoms with Crippen LogP contribution in [0.25, 0.3) is 6.08 Å². The van der Waals surface area contributed by atoms with Crippen molar-refractivity contribution in [2.24, 2.45) is 5.41 Å². The summed E-state index contributed by atoms with van der Waals surface area (Å²) in [5.74, 6) is -1.28. The zero-order valence-corrected chi connectivity index (χ0v) is 23.5. The minimum absolute atomic E-state index is 0.259. The van der Waals surface area contributed by atoms with Gasteiger partial charge in [-0.15, -0.1) is 0 Å². The molecule has 1 saturated heterocycles. The van der Waals surface area contributed by atoms with E-state index in [0.29, 0.717) is 33.8 Å². The molecule has 1 fully saturated rings. The first-order valence-electron chi connectivity index (χ1n) is 14.1. The number of esters is 1. The van der Waals surface area contributed by atoms with Gasteiger partial charge in [0.05, 0.1) is 13.2 Å². The zero-order chi connectivity index (χ0) is 29.9. The normalized spacial score (nSPS) is 20.9. The molecule has 0 aromatic heterocycles. The monoisotopic (exact) mass is 569 g/mol. The Morgan fingerprint density at radius 3 is 2.14 bits per heavy atom. The highest BCUT2D eigenvalue weighted by Gasteiger charge is 2.71. The van der Waals surface area contributed by atoms with Gasteiger partial charge in [0.25, 0.3) is 0 Å². The lowest BCUT2D eigenvalue weighted by Gasteiger charge is -2.37. The number of Topliss-reactive ketones (excluding diaryl/α,β-unsaturated/α-hetero) is 3. The molecule has 1 spiro atoms. The van der Waals surface area contributed by atoms with Crippen LogP contribution in [-0.2, 0) is 4.79 Å². The van der Waals surface area contributed by atoms with Crippen LogP contribution >= 0.6 is 0 Å². The molecule has 2 aliphatic heterocycles. The third-order valence-corrected chi connectivity index (χ3v) is 8.83. The molecule has 4 aromatic carbocycles. The van der Waals surface area contributed by atoms with Gasteiger partial charge in [0.15, 0.2) is 17.3 Å². The van der Waals surface area contributed by atoms with Gasteiger partial charge in [-0.3, -0.25) is 19.2 Å². The van der Waals surface area contributed by atoms with Gasteiger partial charge in [0.1, 0.15) is 23.0 Å². The van der Waals surface area contributed by atoms with E-state index in [0.717, 1.165) is 11.3 Å². The summed E-state index contributed by atoms with van der Waals surface area (Å²) in [6.07, 6.45) is 3.83. The smallest absolute Gasteiger partial charge is 0.308 e. The average Bonchev–Trinajstić information content (AvgIpc) is 3.47. The highest BCUT2D eigenvalue weighted by Crippen LogP contribution is 2.61. The van der Waals surface area contributed by atoms with Crippen molar-refractivity contribution in [1.82, 2.24) is 0 Å². The second-order valence-corrected chi connectivity index (χ2v) is 11.0. The van der Waals surface area contributed by atoms with E-state index in [1.807, 2.05) is 59.5 Å². The second-order valence-electron chi connectivity index (χ2n) is 11.0. The maximum Gasteiger partial charge on any atom is 0.308 e. The molecule has 0 bridgehead atoms. The number of carbonyl (C=O) groups is 4. The first kappa shape index (κ1) is 26.6. The number of anilines is 1. The van der Waals surface area contributed by atoms with Gasteiger partial charge >= 0.3 is 5.97 Å². The maximum absolute atomic E-state index is 14.8. The number of carbonyl (C=O) groups excluding carboxylic acids is 4. The van der Waals surface area contributed by atoms with Crippen LogP contribution in [0.15, 0.2) is 103 Å². The summed E-state index contributed by atoms with van der Waals surface area (Å²) in [7, 11) is 1.56. The van der Waals surface area contributed by atoms with Gasteiger partial charge in [-0.2, -0.15) is 0 Å². The largest absolute Gasteiger partial charge is 0.497 e. The Balaban J connectivity index is 1.49. The fourth-order valence-corrected chi connectivity index (χ4v) is 7.15. The van der Waals surface area contributed by atoms with E-state index in [-0.39, 0.29) is 17.3 Å². The molecular formula is C36H27NO6. The number of hydrogen-bond donors (Lipinski definition) is 0. The number of para-hydroxylation sites is 1. The number of benzene rings is 4. The average molecular weight is 570 g/mol. The van der Waals surface area contributed by atoms with Gasteiger partial charge in [0.2, 0.25) is 0 Å². The summed E-state index contributed by atoms with van der Waals surface area (Å²) in [6, 6.07) is 26.6. The molecule has 1 aliphatic carbocycles. The van der Waals surface area contributed by atoms with Crippen molar-refractivity contribution < 1.29 is 28.7 Å². The number of ketones is 3. The summed E-state index contributed by atoms with van der Waals surface area (Å²) >= 11 is 0. The number of fused-ring (bicyclic) bond motifs is 5. The summed E-state index contributed by atoms with van der Waals surface area (Å²) in [5.41, 5.74) is 1.82. The first-order valence-corrected chi connectivity index (χ1v) is 14.1. The molecule has 43 heavy (non-hydrogen) atoms. The van der Waals surface area contributed by atoms with E-state index in [9.17, 15) is 19.2 Å². The van der Waals surface area contributed by atoms with Crippen LogP contribution in [-0.4, -0.2) is 42.5 Å². The lowest BCUT2D eigenvalue weighted by atomic mass is 9.64. The van der Waals surface area contributed by atoms with E-state index in [4.69, 9.17) is 9.47 Å². The van der Waals surface area contributed by atoms with E-state index < -0.39 is 29.4 Å². The van der Waals surface area contributed by atoms with E-state index in [2.05, 4.69) is 0 Å². The molecule has 7 heteroatoms. The van der Waals surface area contributed by atoms with Gasteiger partial charge in [-0.05, 0) is 53.6 Å². The first-order chi connectivity index (χ1) is 20.9. The summed E-state index contributed by atoms with van der Waals surface area (Å²) in [6.45, 7) is 1.31. The minimum atomic E-state index is -1.60. The third-order valence-electron chi connectivity index (χ3n) is 8.83. The standard InChI is InChI=1S/C36H27NO6/c1-21(38)43-25-17-14-23(15-18-25)33(39)32-31(24-9-7-10-26(20-24)42-2)36(34(40)27-11-4-5-12-28(27)35(36)41)30-19-16-22-8-3-6-13-29(22)37(30)32/h3-20,30-32H,1-2H3/t30-,31-,32-/m1/s1. The third kappa shape index (κ3) is 3.81. The Hall–Kier alpha value is -5.30. The molecular weight excluding hydrogens is 542 g/mol. The van der Waals surface area contributed by atoms with Crippen molar-refractivity contribution in [2.75, 3.05) is 12.0 Å². The molecule has 0 unspecified atom stereocenters. The van der Waals surface area contributed by atoms with Crippen LogP contribution in [0.4, 0.5) is 5.69 Å². The predicted octanol–water partition coefficient (Wildman–Crippen LogP) is 5.94. The molecule has 0 radical (unpaired) electrons. The SMILES string of the molecule is COc1cccc([C@@H]2[C@H](C(=O)c3ccc(OC(C)=O)cc3)N3c4ccccc4C=C[C@@H]3C23C(=O)c2ccccc2C3=O)c1. The van der Waals surface area contributed by atoms with E-state index in [1.165, 1.54) is 6.92 Å². The molecule has 3 atom stereocenters. The second kappa shape index (κ2) is 9.91. The Labute approximate surface area is 248 Å². The van der Waals surface area contributed by atoms with E-state index in [1.54, 1.807) is 61.7 Å². The van der Waals surface area contributed by atoms with Crippen molar-refractivity contribution in [2.45, 2.75) is 24.9 Å². The van der Waals surface area contributed by atoms with Gasteiger partial charge in [0, 0.05) is 35.2 Å². The summed E-state index contributed by atoms with van der Waals surface area (Å²) < 4.78 is 10.7. The number of nitrogens with zero attached hydrogens (tertiary/aromatic N) is 1. The molecule has 4 aromatic rings. The van der Waals surface area contributed by atoms with Crippen LogP contribution in [0.5, 0.6) is 11.5 Å². The van der Waals surface area contributed by atoms with Crippen molar-refractivity contribution in [3.8, 4) is 11.5 Å². The van der Waals surface area contributed by atoms with Crippen molar-refractivity contribution >= 4 is 35.1 Å². The molecule has 3 aliphatic rings. The quantitative estimate of drug-likeness (QED) is 0.127. The lowest BCUT2D eigenvalue weighted by molar-refractivity contribution is -0.131. The lowest BCUT2D eigenvalue weighted by Crippen LogP contribution is -2.48. The Morgan fingerprint density at radius 1 is 0.791 bits per heavy atom. The van der Waals surface area contributed by atoms with Crippen molar-refractivity contribution in [3.05, 3.63) is 131 Å². The fraction of sp³-hybridized carbons (Fsp3) is 0.167. The topological polar surface area (TPSA) is 90.0 Å². The molecule has 212 valence electrons. The molecule has 7 nitrogen and oxygen atoms in total. The van der Waals surface area contributed by atoms with Gasteiger partial charge in [-0.1, -0.05) is 66.7 Å². The fourth-order valence-electron chi connectivity index (χ4n) is 7.15. The molecule has 2 heterocycles. The maximum atomic E-state index is 14.8. The van der Waals surface area contributed by atoms with Crippen LogP contribution in [0.1, 0.15) is 55.0 Å². The van der Waals surface area contributed by atoms with Crippen LogP contribution < -0.4 is 14.4 Å². The zero-order valence-electron chi connectivity index (χ0n) is 23.5. The highest BCUT2D eigenvalue weighted by atomic mass is 16.5. The number of methoxy groups -OCH3 is 1. The Morgan fingerprint density at radius 2 is 1.47 bits per heavy atom. The number of rotatable bonds is 5. The Bertz CT molecular complexity index is 1820. The molecule has 0 N–H and O–H groups in total. The van der Waals surface area contributed by atoms with Crippen molar-refractivity contribution in [1.29, 1.82) is 0 Å². The van der Waals surface area contributed by atoms with Crippen LogP contribution in [0, 0.1) is 5.41 Å². The number of ether oxygens (including phenoxy) is 2. The summed E-state index contributed by atoms with van der Waals surface area (Å²) in [5, 5.41) is 0. The minimum Gasteiger partial charge on any atom is -0.497 e. The van der Waals surface area contributed by atoms with E-state index >= 15 is 0 Å². The molecule has 0 amide bonds.